The summed E-state index contributed by atoms with van der Waals surface area (Å²) in [6.45, 7) is 1.73. The van der Waals surface area contributed by atoms with E-state index in [-0.39, 0.29) is 6.54 Å². The summed E-state index contributed by atoms with van der Waals surface area (Å²) in [5.74, 6) is -0.433. The van der Waals surface area contributed by atoms with Crippen molar-refractivity contribution in [3.8, 4) is 0 Å². The molecule has 0 amide bonds. The summed E-state index contributed by atoms with van der Waals surface area (Å²) in [5.41, 5.74) is -0.840. The molecule has 0 unspecified atom stereocenters. The van der Waals surface area contributed by atoms with E-state index in [0.717, 1.165) is 13.1 Å². The molecule has 0 spiro atoms. The first-order chi connectivity index (χ1) is 7.59. The van der Waals surface area contributed by atoms with E-state index in [0.29, 0.717) is 12.8 Å². The van der Waals surface area contributed by atoms with E-state index in [1.165, 1.54) is 11.0 Å². The second-order valence-electron chi connectivity index (χ2n) is 3.97. The molecule has 1 aliphatic heterocycles. The van der Waals surface area contributed by atoms with Gasteiger partial charge in [0.15, 0.2) is 0 Å². The van der Waals surface area contributed by atoms with Crippen LogP contribution in [0.1, 0.15) is 12.8 Å². The first-order valence-corrected chi connectivity index (χ1v) is 5.06. The molecule has 0 saturated carbocycles. The van der Waals surface area contributed by atoms with E-state index in [2.05, 4.69) is 15.4 Å². The van der Waals surface area contributed by atoms with Gasteiger partial charge in [-0.15, -0.1) is 0 Å². The Balaban J connectivity index is 2.04. The predicted molar refractivity (Wildman–Crippen MR) is 53.7 cm³/mol. The van der Waals surface area contributed by atoms with Gasteiger partial charge >= 0.3 is 5.95 Å². The van der Waals surface area contributed by atoms with E-state index in [1.54, 1.807) is 0 Å². The maximum Gasteiger partial charge on any atom is 0.490 e. The van der Waals surface area contributed by atoms with Crippen molar-refractivity contribution in [2.24, 2.45) is 0 Å². The zero-order chi connectivity index (χ0) is 11.6. The summed E-state index contributed by atoms with van der Waals surface area (Å²) in [6, 6.07) is 0. The summed E-state index contributed by atoms with van der Waals surface area (Å²) in [4.78, 5) is 13.3. The van der Waals surface area contributed by atoms with Crippen molar-refractivity contribution >= 4 is 5.95 Å². The minimum absolute atomic E-state index is 0.246. The third kappa shape index (κ3) is 2.34. The molecule has 0 atom stereocenters. The van der Waals surface area contributed by atoms with E-state index in [4.69, 9.17) is 0 Å². The summed E-state index contributed by atoms with van der Waals surface area (Å²) < 4.78 is 1.32. The van der Waals surface area contributed by atoms with Gasteiger partial charge in [0.1, 0.15) is 0 Å². The molecule has 8 heteroatoms. The molecule has 0 aromatic carbocycles. The van der Waals surface area contributed by atoms with E-state index in [1.807, 2.05) is 0 Å². The van der Waals surface area contributed by atoms with Gasteiger partial charge in [0.25, 0.3) is 0 Å². The number of hydrogen-bond acceptors (Lipinski definition) is 6. The molecule has 2 N–H and O–H groups in total. The molecule has 0 bridgehead atoms. The number of rotatable bonds is 3. The fourth-order valence-corrected chi connectivity index (χ4v) is 1.80. The molecule has 1 aromatic rings. The first kappa shape index (κ1) is 11.0. The van der Waals surface area contributed by atoms with Gasteiger partial charge in [0, 0.05) is 5.10 Å². The molecule has 1 aliphatic rings. The number of nitrogens with zero attached hydrogens (tertiary/aromatic N) is 4. The molecule has 1 fully saturated rings. The lowest BCUT2D eigenvalue weighted by atomic mass is 9.93. The molecule has 2 heterocycles. The molecule has 88 valence electrons. The van der Waals surface area contributed by atoms with Gasteiger partial charge in [-0.2, -0.15) is 4.68 Å². The van der Waals surface area contributed by atoms with Crippen molar-refractivity contribution < 1.29 is 10.0 Å². The summed E-state index contributed by atoms with van der Waals surface area (Å²) in [5, 5.41) is 27.4. The van der Waals surface area contributed by atoms with Gasteiger partial charge < -0.3 is 20.5 Å². The van der Waals surface area contributed by atoms with Crippen molar-refractivity contribution in [2.75, 3.05) is 13.1 Å². The predicted octanol–water partition coefficient (Wildman–Crippen LogP) is -0.699. The highest BCUT2D eigenvalue weighted by molar-refractivity contribution is 4.98. The Hall–Kier alpha value is -1.54. The number of nitrogens with one attached hydrogen (secondary N) is 1. The molecular weight excluding hydrogens is 214 g/mol. The van der Waals surface area contributed by atoms with Crippen LogP contribution in [0.25, 0.3) is 0 Å². The molecule has 1 aromatic heterocycles. The first-order valence-electron chi connectivity index (χ1n) is 5.06. The summed E-state index contributed by atoms with van der Waals surface area (Å²) in [6.07, 6.45) is 2.50. The van der Waals surface area contributed by atoms with Crippen molar-refractivity contribution in [3.05, 3.63) is 16.4 Å². The smallest absolute Gasteiger partial charge is 0.390 e. The van der Waals surface area contributed by atoms with Crippen LogP contribution in [0, 0.1) is 10.1 Å². The van der Waals surface area contributed by atoms with Crippen LogP contribution in [0.5, 0.6) is 0 Å². The van der Waals surface area contributed by atoms with Gasteiger partial charge in [-0.25, -0.2) is 0 Å². The Labute approximate surface area is 91.4 Å². The standard InChI is InChI=1S/C8H13N5O3/c14-8(1-3-9-4-2-8)5-12-6-10-7(11-12)13(15)16/h6,9,14H,1-5H2. The van der Waals surface area contributed by atoms with Crippen LogP contribution < -0.4 is 5.32 Å². The van der Waals surface area contributed by atoms with Crippen molar-refractivity contribution in [1.82, 2.24) is 20.1 Å². The average Bonchev–Trinajstić information content (AvgIpc) is 2.66. The third-order valence-electron chi connectivity index (χ3n) is 2.68. The molecule has 1 saturated heterocycles. The number of nitro groups is 1. The van der Waals surface area contributed by atoms with Gasteiger partial charge in [0.05, 0.1) is 12.1 Å². The van der Waals surface area contributed by atoms with Crippen LogP contribution in [0.15, 0.2) is 6.33 Å². The van der Waals surface area contributed by atoms with E-state index < -0.39 is 16.5 Å². The second-order valence-corrected chi connectivity index (χ2v) is 3.97. The van der Waals surface area contributed by atoms with Crippen LogP contribution >= 0.6 is 0 Å². The Morgan fingerprint density at radius 3 is 2.88 bits per heavy atom. The Bertz CT molecular complexity index is 385. The largest absolute Gasteiger partial charge is 0.490 e. The molecule has 2 rings (SSSR count). The summed E-state index contributed by atoms with van der Waals surface area (Å²) in [7, 11) is 0. The van der Waals surface area contributed by atoms with Crippen LogP contribution in [-0.2, 0) is 6.54 Å². The second kappa shape index (κ2) is 4.14. The van der Waals surface area contributed by atoms with Crippen molar-refractivity contribution in [2.45, 2.75) is 25.0 Å². The number of aromatic nitrogens is 3. The number of aliphatic hydroxyl groups is 1. The topological polar surface area (TPSA) is 106 Å². The number of hydrogen-bond donors (Lipinski definition) is 2. The lowest BCUT2D eigenvalue weighted by Gasteiger charge is -2.31. The lowest BCUT2D eigenvalue weighted by molar-refractivity contribution is -0.394. The van der Waals surface area contributed by atoms with E-state index in [9.17, 15) is 15.2 Å². The van der Waals surface area contributed by atoms with Gasteiger partial charge in [-0.1, -0.05) is 4.98 Å². The highest BCUT2D eigenvalue weighted by Gasteiger charge is 2.31. The van der Waals surface area contributed by atoms with Crippen LogP contribution in [0.3, 0.4) is 0 Å². The molecule has 16 heavy (non-hydrogen) atoms. The Morgan fingerprint density at radius 2 is 2.31 bits per heavy atom. The van der Waals surface area contributed by atoms with Gasteiger partial charge in [-0.3, -0.25) is 0 Å². The molecule has 0 radical (unpaired) electrons. The van der Waals surface area contributed by atoms with Crippen molar-refractivity contribution in [3.63, 3.8) is 0 Å². The monoisotopic (exact) mass is 227 g/mol. The minimum Gasteiger partial charge on any atom is -0.390 e. The zero-order valence-electron chi connectivity index (χ0n) is 8.67. The SMILES string of the molecule is O=[N+]([O-])c1ncn(CC2(O)CCNCC2)n1. The normalized spacial score (nSPS) is 19.6. The highest BCUT2D eigenvalue weighted by Crippen LogP contribution is 2.20. The molecule has 0 aliphatic carbocycles. The molecule has 8 nitrogen and oxygen atoms in total. The van der Waals surface area contributed by atoms with Crippen LogP contribution in [0.2, 0.25) is 0 Å². The zero-order valence-corrected chi connectivity index (χ0v) is 8.67. The Morgan fingerprint density at radius 1 is 1.62 bits per heavy atom. The highest BCUT2D eigenvalue weighted by atomic mass is 16.6. The van der Waals surface area contributed by atoms with Gasteiger partial charge in [-0.05, 0) is 30.9 Å². The minimum atomic E-state index is -0.840. The number of piperidine rings is 1. The third-order valence-corrected chi connectivity index (χ3v) is 2.68. The van der Waals surface area contributed by atoms with E-state index >= 15 is 0 Å². The fraction of sp³-hybridized carbons (Fsp3) is 0.750. The van der Waals surface area contributed by atoms with Gasteiger partial charge in [0.2, 0.25) is 6.33 Å². The lowest BCUT2D eigenvalue weighted by Crippen LogP contribution is -2.44. The fourth-order valence-electron chi connectivity index (χ4n) is 1.80. The molecular formula is C8H13N5O3. The average molecular weight is 227 g/mol. The quantitative estimate of drug-likeness (QED) is 0.522. The van der Waals surface area contributed by atoms with Crippen LogP contribution in [0.4, 0.5) is 5.95 Å². The van der Waals surface area contributed by atoms with Crippen LogP contribution in [-0.4, -0.2) is 43.5 Å². The van der Waals surface area contributed by atoms with Crippen molar-refractivity contribution in [1.29, 1.82) is 0 Å². The Kier molecular flexibility index (Phi) is 2.84. The maximum absolute atomic E-state index is 10.4. The maximum atomic E-state index is 10.4. The summed E-state index contributed by atoms with van der Waals surface area (Å²) >= 11 is 0.